The van der Waals surface area contributed by atoms with Gasteiger partial charge in [-0.25, -0.2) is 0 Å². The van der Waals surface area contributed by atoms with Crippen LogP contribution in [0.1, 0.15) is 12.0 Å². The summed E-state index contributed by atoms with van der Waals surface area (Å²) in [4.78, 5) is 11.9. The summed E-state index contributed by atoms with van der Waals surface area (Å²) in [5, 5.41) is 5.73. The molecule has 1 saturated heterocycles. The lowest BCUT2D eigenvalue weighted by molar-refractivity contribution is -0.138. The molecule has 124 valence electrons. The number of anilines is 1. The fourth-order valence-corrected chi connectivity index (χ4v) is 3.43. The van der Waals surface area contributed by atoms with Crippen LogP contribution in [0.5, 0.6) is 0 Å². The van der Waals surface area contributed by atoms with Crippen LogP contribution in [0.2, 0.25) is 0 Å². The summed E-state index contributed by atoms with van der Waals surface area (Å²) in [5.41, 5.74) is -0.648. The fraction of sp³-hybridized carbons (Fsp3) is 0.462. The Morgan fingerprint density at radius 1 is 1.45 bits per heavy atom. The van der Waals surface area contributed by atoms with Gasteiger partial charge in [0, 0.05) is 40.7 Å². The van der Waals surface area contributed by atoms with E-state index in [2.05, 4.69) is 26.6 Å². The van der Waals surface area contributed by atoms with Crippen molar-refractivity contribution in [3.8, 4) is 0 Å². The molecule has 9 heteroatoms. The van der Waals surface area contributed by atoms with E-state index in [1.54, 1.807) is 11.8 Å². The Morgan fingerprint density at radius 2 is 2.18 bits per heavy atom. The maximum absolute atomic E-state index is 12.8. The number of carbonyl (C=O) groups excluding carboxylic acids is 1. The van der Waals surface area contributed by atoms with Crippen molar-refractivity contribution in [1.82, 2.24) is 5.32 Å². The molecule has 0 spiro atoms. The van der Waals surface area contributed by atoms with Gasteiger partial charge in [-0.3, -0.25) is 4.79 Å². The van der Waals surface area contributed by atoms with E-state index in [-0.39, 0.29) is 40.9 Å². The minimum absolute atomic E-state index is 0. The van der Waals surface area contributed by atoms with Gasteiger partial charge in [0.15, 0.2) is 0 Å². The average molecular weight is 420 g/mol. The molecule has 2 rings (SSSR count). The van der Waals surface area contributed by atoms with Gasteiger partial charge >= 0.3 is 6.18 Å². The Bertz CT molecular complexity index is 524. The highest BCUT2D eigenvalue weighted by molar-refractivity contribution is 9.10. The number of nitrogens with one attached hydrogen (secondary N) is 2. The molecule has 0 saturated carbocycles. The number of carbonyl (C=O) groups is 1. The lowest BCUT2D eigenvalue weighted by atomic mass is 10.1. The van der Waals surface area contributed by atoms with Crippen molar-refractivity contribution < 1.29 is 18.0 Å². The van der Waals surface area contributed by atoms with Gasteiger partial charge < -0.3 is 10.6 Å². The van der Waals surface area contributed by atoms with Crippen LogP contribution in [-0.4, -0.2) is 30.0 Å². The number of rotatable bonds is 3. The maximum atomic E-state index is 12.8. The Hall–Kier alpha value is -0.440. The summed E-state index contributed by atoms with van der Waals surface area (Å²) in [6.45, 7) is 0.846. The van der Waals surface area contributed by atoms with E-state index < -0.39 is 11.7 Å². The maximum Gasteiger partial charge on any atom is 0.417 e. The molecule has 1 unspecified atom stereocenters. The van der Waals surface area contributed by atoms with E-state index in [1.165, 1.54) is 12.1 Å². The van der Waals surface area contributed by atoms with Crippen LogP contribution in [-0.2, 0) is 11.0 Å². The van der Waals surface area contributed by atoms with Crippen molar-refractivity contribution >= 4 is 51.7 Å². The molecular weight excluding hydrogens is 405 g/mol. The van der Waals surface area contributed by atoms with Crippen LogP contribution in [0.3, 0.4) is 0 Å². The van der Waals surface area contributed by atoms with Gasteiger partial charge in [0.25, 0.3) is 0 Å². The van der Waals surface area contributed by atoms with E-state index in [9.17, 15) is 18.0 Å². The zero-order chi connectivity index (χ0) is 15.5. The number of benzene rings is 1. The van der Waals surface area contributed by atoms with Crippen molar-refractivity contribution in [2.24, 2.45) is 0 Å². The molecule has 1 aromatic carbocycles. The van der Waals surface area contributed by atoms with Gasteiger partial charge in [-0.05, 0) is 18.2 Å². The van der Waals surface area contributed by atoms with Gasteiger partial charge in [-0.15, -0.1) is 12.4 Å². The number of thioether (sulfide) groups is 1. The predicted octanol–water partition coefficient (Wildman–Crippen LogP) is 3.92. The highest BCUT2D eigenvalue weighted by Gasteiger charge is 2.33. The van der Waals surface area contributed by atoms with Crippen LogP contribution in [0, 0.1) is 0 Å². The van der Waals surface area contributed by atoms with Crippen molar-refractivity contribution in [3.05, 3.63) is 28.2 Å². The summed E-state index contributed by atoms with van der Waals surface area (Å²) in [5.74, 6) is 1.56. The van der Waals surface area contributed by atoms with Crippen molar-refractivity contribution in [2.45, 2.75) is 18.6 Å². The number of hydrogen-bond donors (Lipinski definition) is 2. The highest BCUT2D eigenvalue weighted by atomic mass is 79.9. The quantitative estimate of drug-likeness (QED) is 0.780. The third-order valence-electron chi connectivity index (χ3n) is 2.99. The number of hydrogen-bond acceptors (Lipinski definition) is 3. The van der Waals surface area contributed by atoms with E-state index in [0.717, 1.165) is 24.1 Å². The smallest absolute Gasteiger partial charge is 0.326 e. The molecule has 1 heterocycles. The number of alkyl halides is 3. The Balaban J connectivity index is 0.00000242. The van der Waals surface area contributed by atoms with E-state index in [1.807, 2.05) is 0 Å². The SMILES string of the molecule is Cl.O=C(CC1CSCCN1)Nc1ccc(Br)c(C(F)(F)F)c1. The van der Waals surface area contributed by atoms with Gasteiger partial charge in [-0.2, -0.15) is 24.9 Å². The Morgan fingerprint density at radius 3 is 2.77 bits per heavy atom. The summed E-state index contributed by atoms with van der Waals surface area (Å²) in [6, 6.07) is 3.74. The largest absolute Gasteiger partial charge is 0.417 e. The standard InChI is InChI=1S/C13H14BrF3N2OS.ClH/c14-11-2-1-8(5-10(11)13(15,16)17)19-12(20)6-9-7-21-4-3-18-9;/h1-2,5,9,18H,3-4,6-7H2,(H,19,20);1H. The lowest BCUT2D eigenvalue weighted by Gasteiger charge is -2.22. The molecular formula is C13H15BrClF3N2OS. The molecule has 22 heavy (non-hydrogen) atoms. The first-order chi connectivity index (χ1) is 9.86. The first-order valence-corrected chi connectivity index (χ1v) is 8.29. The van der Waals surface area contributed by atoms with Gasteiger partial charge in [0.2, 0.25) is 5.91 Å². The van der Waals surface area contributed by atoms with Crippen LogP contribution >= 0.6 is 40.1 Å². The Labute approximate surface area is 145 Å². The third-order valence-corrected chi connectivity index (χ3v) is 4.81. The first kappa shape index (κ1) is 19.6. The molecule has 0 radical (unpaired) electrons. The molecule has 1 aliphatic rings. The van der Waals surface area contributed by atoms with Gasteiger partial charge in [0.1, 0.15) is 0 Å². The lowest BCUT2D eigenvalue weighted by Crippen LogP contribution is -2.39. The summed E-state index contributed by atoms with van der Waals surface area (Å²) >= 11 is 4.63. The molecule has 0 aromatic heterocycles. The van der Waals surface area contributed by atoms with E-state index in [0.29, 0.717) is 0 Å². The third kappa shape index (κ3) is 5.64. The molecule has 0 bridgehead atoms. The molecule has 0 aliphatic carbocycles. The van der Waals surface area contributed by atoms with E-state index in [4.69, 9.17) is 0 Å². The summed E-state index contributed by atoms with van der Waals surface area (Å²) < 4.78 is 38.3. The minimum atomic E-state index is -4.46. The van der Waals surface area contributed by atoms with Crippen molar-refractivity contribution in [1.29, 1.82) is 0 Å². The van der Waals surface area contributed by atoms with Crippen molar-refractivity contribution in [2.75, 3.05) is 23.4 Å². The number of amides is 1. The fourth-order valence-electron chi connectivity index (χ4n) is 2.01. The molecule has 1 fully saturated rings. The van der Waals surface area contributed by atoms with Crippen LogP contribution < -0.4 is 10.6 Å². The molecule has 1 amide bonds. The average Bonchev–Trinajstić information content (AvgIpc) is 2.41. The molecule has 1 aliphatic heterocycles. The summed E-state index contributed by atoms with van der Waals surface area (Å²) in [7, 11) is 0. The summed E-state index contributed by atoms with van der Waals surface area (Å²) in [6.07, 6.45) is -4.20. The zero-order valence-corrected chi connectivity index (χ0v) is 14.6. The number of halogens is 5. The second-order valence-electron chi connectivity index (χ2n) is 4.67. The van der Waals surface area contributed by atoms with E-state index >= 15 is 0 Å². The minimum Gasteiger partial charge on any atom is -0.326 e. The van der Waals surface area contributed by atoms with Gasteiger partial charge in [-0.1, -0.05) is 15.9 Å². The topological polar surface area (TPSA) is 41.1 Å². The molecule has 1 aromatic rings. The second-order valence-corrected chi connectivity index (χ2v) is 6.67. The normalized spacial score (nSPS) is 18.5. The molecule has 2 N–H and O–H groups in total. The monoisotopic (exact) mass is 418 g/mol. The predicted molar refractivity (Wildman–Crippen MR) is 88.8 cm³/mol. The zero-order valence-electron chi connectivity index (χ0n) is 11.4. The molecule has 3 nitrogen and oxygen atoms in total. The highest BCUT2D eigenvalue weighted by Crippen LogP contribution is 2.36. The van der Waals surface area contributed by atoms with Gasteiger partial charge in [0.05, 0.1) is 5.56 Å². The molecule has 1 atom stereocenters. The van der Waals surface area contributed by atoms with Crippen molar-refractivity contribution in [3.63, 3.8) is 0 Å². The van der Waals surface area contributed by atoms with Crippen LogP contribution in [0.4, 0.5) is 18.9 Å². The second kappa shape index (κ2) is 8.42. The first-order valence-electron chi connectivity index (χ1n) is 6.34. The van der Waals surface area contributed by atoms with Crippen LogP contribution in [0.25, 0.3) is 0 Å². The Kier molecular flexibility index (Phi) is 7.51. The van der Waals surface area contributed by atoms with Crippen LogP contribution in [0.15, 0.2) is 22.7 Å².